The van der Waals surface area contributed by atoms with E-state index in [1.807, 2.05) is 11.3 Å². The van der Waals surface area contributed by atoms with E-state index in [2.05, 4.69) is 165 Å². The number of fused-ring (bicyclic) bond motifs is 12. The van der Waals surface area contributed by atoms with Gasteiger partial charge in [-0.3, -0.25) is 0 Å². The number of hydrogen-bond donors (Lipinski definition) is 0. The summed E-state index contributed by atoms with van der Waals surface area (Å²) in [5.74, 6) is 7.25. The Kier molecular flexibility index (Phi) is 6.93. The van der Waals surface area contributed by atoms with E-state index in [4.69, 9.17) is 19.7 Å². The molecule has 4 nitrogen and oxygen atoms in total. The molecule has 5 heteroatoms. The molecule has 3 fully saturated rings. The lowest BCUT2D eigenvalue weighted by Gasteiger charge is -2.70. The van der Waals surface area contributed by atoms with E-state index in [-0.39, 0.29) is 0 Å². The summed E-state index contributed by atoms with van der Waals surface area (Å²) in [7, 11) is 0. The van der Waals surface area contributed by atoms with Crippen molar-refractivity contribution >= 4 is 31.5 Å². The number of hydrogen-bond acceptors (Lipinski definition) is 5. The molecule has 14 rings (SSSR count). The molecule has 9 aromatic rings. The molecule has 3 saturated carbocycles. The fraction of sp³-hybridized carbons (Fsp3) is 0.196. The van der Waals surface area contributed by atoms with Gasteiger partial charge in [-0.2, -0.15) is 0 Å². The van der Waals surface area contributed by atoms with Gasteiger partial charge < -0.3 is 4.74 Å². The largest absolute Gasteiger partial charge is 0.457 e. The summed E-state index contributed by atoms with van der Waals surface area (Å²) in [4.78, 5) is 16.1. The van der Waals surface area contributed by atoms with Crippen LogP contribution in [0, 0.1) is 23.7 Å². The molecule has 5 atom stereocenters. The second kappa shape index (κ2) is 12.3. The molecule has 1 spiro atoms. The van der Waals surface area contributed by atoms with E-state index in [0.29, 0.717) is 22.9 Å². The lowest BCUT2D eigenvalue weighted by atomic mass is 9.34. The highest BCUT2D eigenvalue weighted by Gasteiger charge is 2.65. The molecule has 0 bridgehead atoms. The van der Waals surface area contributed by atoms with Gasteiger partial charge in [-0.25, -0.2) is 15.0 Å². The highest BCUT2D eigenvalue weighted by molar-refractivity contribution is 7.26. The van der Waals surface area contributed by atoms with Gasteiger partial charge in [-0.05, 0) is 119 Å². The predicted octanol–water partition coefficient (Wildman–Crippen LogP) is 14.0. The predicted molar refractivity (Wildman–Crippen MR) is 246 cm³/mol. The summed E-state index contributed by atoms with van der Waals surface area (Å²) < 4.78 is 9.24. The summed E-state index contributed by atoms with van der Waals surface area (Å²) in [5.41, 5.74) is 11.5. The van der Waals surface area contributed by atoms with Crippen LogP contribution in [-0.2, 0) is 10.8 Å². The normalized spacial score (nSPS) is 23.2. The van der Waals surface area contributed by atoms with Crippen molar-refractivity contribution in [3.05, 3.63) is 186 Å². The van der Waals surface area contributed by atoms with Crippen LogP contribution in [0.3, 0.4) is 0 Å². The third-order valence-electron chi connectivity index (χ3n) is 15.4. The number of benzene rings is 7. The molecule has 61 heavy (non-hydrogen) atoms. The van der Waals surface area contributed by atoms with Crippen molar-refractivity contribution in [1.82, 2.24) is 15.0 Å². The topological polar surface area (TPSA) is 47.9 Å². The van der Waals surface area contributed by atoms with E-state index in [0.717, 1.165) is 63.0 Å². The second-order valence-corrected chi connectivity index (χ2v) is 19.6. The Morgan fingerprint density at radius 1 is 0.525 bits per heavy atom. The fourth-order valence-corrected chi connectivity index (χ4v) is 14.4. The summed E-state index contributed by atoms with van der Waals surface area (Å²) in [6.45, 7) is 2.47. The molecule has 0 amide bonds. The first kappa shape index (κ1) is 34.3. The van der Waals surface area contributed by atoms with Crippen LogP contribution >= 0.6 is 11.3 Å². The Balaban J connectivity index is 0.972. The quantitative estimate of drug-likeness (QED) is 0.178. The van der Waals surface area contributed by atoms with E-state index < -0.39 is 5.41 Å². The maximum atomic E-state index is 6.79. The zero-order chi connectivity index (χ0) is 40.0. The molecule has 2 aromatic heterocycles. The zero-order valence-electron chi connectivity index (χ0n) is 33.8. The van der Waals surface area contributed by atoms with Crippen molar-refractivity contribution in [2.75, 3.05) is 0 Å². The zero-order valence-corrected chi connectivity index (χ0v) is 34.6. The first-order chi connectivity index (χ1) is 30.1. The van der Waals surface area contributed by atoms with Crippen LogP contribution in [0.2, 0.25) is 0 Å². The SMILES string of the molecule is C[C@H]1C[C@H]2CC3CC(c4ccc(-c5nc(-c6ccc7c(c6)C6(c8ccccc8O7)c7ccccc7-c7ccccc76)nc(-c6cccc7c6sc6ccccc67)n5)cc4)(C1)C32. The first-order valence-electron chi connectivity index (χ1n) is 22.0. The molecule has 5 aliphatic rings. The average molecular weight is 804 g/mol. The Morgan fingerprint density at radius 2 is 1.16 bits per heavy atom. The van der Waals surface area contributed by atoms with Crippen LogP contribution in [0.4, 0.5) is 0 Å². The Labute approximate surface area is 359 Å². The van der Waals surface area contributed by atoms with Crippen LogP contribution in [0.1, 0.15) is 60.4 Å². The molecule has 1 aliphatic heterocycles. The van der Waals surface area contributed by atoms with E-state index in [1.54, 1.807) is 0 Å². The van der Waals surface area contributed by atoms with Crippen LogP contribution in [0.5, 0.6) is 11.5 Å². The molecule has 7 aromatic carbocycles. The van der Waals surface area contributed by atoms with Gasteiger partial charge in [-0.1, -0.05) is 128 Å². The number of nitrogens with zero attached hydrogens (tertiary/aromatic N) is 3. The third kappa shape index (κ3) is 4.57. The smallest absolute Gasteiger partial charge is 0.165 e. The third-order valence-corrected chi connectivity index (χ3v) is 16.6. The molecule has 0 radical (unpaired) electrons. The highest BCUT2D eigenvalue weighted by Crippen LogP contribution is 2.71. The maximum absolute atomic E-state index is 6.79. The van der Waals surface area contributed by atoms with E-state index in [9.17, 15) is 0 Å². The average Bonchev–Trinajstić information content (AvgIpc) is 3.82. The summed E-state index contributed by atoms with van der Waals surface area (Å²) >= 11 is 1.81. The minimum atomic E-state index is -0.583. The van der Waals surface area contributed by atoms with Gasteiger partial charge in [0, 0.05) is 48.0 Å². The molecule has 3 unspecified atom stereocenters. The lowest BCUT2D eigenvalue weighted by molar-refractivity contribution is -0.159. The highest BCUT2D eigenvalue weighted by atomic mass is 32.1. The molecule has 0 saturated heterocycles. The second-order valence-electron chi connectivity index (χ2n) is 18.5. The van der Waals surface area contributed by atoms with Crippen LogP contribution in [0.15, 0.2) is 158 Å². The van der Waals surface area contributed by atoms with Gasteiger partial charge in [0.2, 0.25) is 0 Å². The minimum Gasteiger partial charge on any atom is -0.457 e. The van der Waals surface area contributed by atoms with Crippen LogP contribution in [-0.4, -0.2) is 15.0 Å². The molecular formula is C56H41N3OS. The van der Waals surface area contributed by atoms with Gasteiger partial charge in [0.1, 0.15) is 11.5 Å². The molecule has 4 aliphatic carbocycles. The summed E-state index contributed by atoms with van der Waals surface area (Å²) in [6, 6.07) is 57.4. The number of rotatable bonds is 4. The van der Waals surface area contributed by atoms with Crippen LogP contribution in [0.25, 0.3) is 65.5 Å². The lowest BCUT2D eigenvalue weighted by Crippen LogP contribution is -2.65. The van der Waals surface area contributed by atoms with Gasteiger partial charge in [0.05, 0.1) is 5.41 Å². The standard InChI is InChI=1S/C56H41N3OS/c1-32-27-35-28-36-31-55(30-32,50(35)36)37-24-21-33(22-25-37)52-57-53(59-54(58-52)42-15-10-14-41-40-13-4-9-20-49(40)61-51(41)42)34-23-26-48-46(29-34)56(45-18-7-8-19-47(45)60-48)43-16-5-2-11-38(43)39-12-3-6-17-44(39)56/h2-26,29,32,35-36,50H,27-28,30-31H2,1H3/t32-,35-,36?,50?,55?/m0/s1. The molecule has 3 heterocycles. The van der Waals surface area contributed by atoms with E-state index >= 15 is 0 Å². The van der Waals surface area contributed by atoms with Crippen molar-refractivity contribution in [2.24, 2.45) is 23.7 Å². The molecule has 292 valence electrons. The van der Waals surface area contributed by atoms with Gasteiger partial charge >= 0.3 is 0 Å². The number of aromatic nitrogens is 3. The van der Waals surface area contributed by atoms with Crippen molar-refractivity contribution in [3.63, 3.8) is 0 Å². The first-order valence-corrected chi connectivity index (χ1v) is 22.8. The maximum Gasteiger partial charge on any atom is 0.165 e. The Bertz CT molecular complexity index is 3270. The molecular weight excluding hydrogens is 763 g/mol. The number of para-hydroxylation sites is 1. The van der Waals surface area contributed by atoms with Gasteiger partial charge in [0.25, 0.3) is 0 Å². The monoisotopic (exact) mass is 803 g/mol. The molecule has 0 N–H and O–H groups in total. The van der Waals surface area contributed by atoms with Crippen molar-refractivity contribution in [2.45, 2.75) is 43.4 Å². The van der Waals surface area contributed by atoms with Crippen LogP contribution < -0.4 is 4.74 Å². The Morgan fingerprint density at radius 3 is 1.97 bits per heavy atom. The summed E-state index contributed by atoms with van der Waals surface area (Å²) in [5, 5.41) is 2.49. The summed E-state index contributed by atoms with van der Waals surface area (Å²) in [6.07, 6.45) is 5.51. The van der Waals surface area contributed by atoms with Gasteiger partial charge in [0.15, 0.2) is 17.5 Å². The minimum absolute atomic E-state index is 0.341. The fourth-order valence-electron chi connectivity index (χ4n) is 13.2. The number of ether oxygens (including phenoxy) is 1. The van der Waals surface area contributed by atoms with Crippen molar-refractivity contribution < 1.29 is 4.74 Å². The van der Waals surface area contributed by atoms with Crippen molar-refractivity contribution in [1.29, 1.82) is 0 Å². The van der Waals surface area contributed by atoms with E-state index in [1.165, 1.54) is 73.7 Å². The number of thiophene rings is 1. The van der Waals surface area contributed by atoms with Gasteiger partial charge in [-0.15, -0.1) is 11.3 Å². The van der Waals surface area contributed by atoms with Crippen molar-refractivity contribution in [3.8, 4) is 56.8 Å². The Hall–Kier alpha value is -6.43.